The molecule has 0 bridgehead atoms. The number of fused-ring (bicyclic) bond motifs is 3. The summed E-state index contributed by atoms with van der Waals surface area (Å²) in [6, 6.07) is 12.2. The number of imide groups is 1. The van der Waals surface area contributed by atoms with E-state index in [0.717, 1.165) is 103 Å². The maximum Gasteiger partial charge on any atom is 0.490 e. The van der Waals surface area contributed by atoms with Crippen LogP contribution < -0.4 is 16.3 Å². The Morgan fingerprint density at radius 3 is 2.42 bits per heavy atom. The zero-order valence-electron chi connectivity index (χ0n) is 35.8. The summed E-state index contributed by atoms with van der Waals surface area (Å²) in [4.78, 5) is 67.5. The lowest BCUT2D eigenvalue weighted by molar-refractivity contribution is -0.192. The topological polar surface area (TPSA) is 194 Å². The van der Waals surface area contributed by atoms with Crippen LogP contribution in [0.1, 0.15) is 83.5 Å². The van der Waals surface area contributed by atoms with Gasteiger partial charge in [0.1, 0.15) is 11.0 Å². The highest BCUT2D eigenvalue weighted by Crippen LogP contribution is 2.36. The SMILES string of the molecule is Cn1c(=O)n([C@@H]2CCC(=O)NC2=O)c2ccc(CCCN3CCc4nc(-c5ccc6cn(C7CCC(CNC(=O)c8cc(F)c(O)c(F)c8F)CC7)nc6c5)sc4C3)cc21.O=C(O)C(F)(F)F. The molecule has 5 heterocycles. The average molecular weight is 955 g/mol. The van der Waals surface area contributed by atoms with E-state index in [-0.39, 0.29) is 36.5 Å². The number of aromatic hydroxyl groups is 1. The monoisotopic (exact) mass is 954 g/mol. The first-order valence-corrected chi connectivity index (χ1v) is 22.4. The van der Waals surface area contributed by atoms with Crippen LogP contribution in [0.15, 0.2) is 53.5 Å². The number of benzene rings is 3. The number of carbonyl (C=O) groups is 4. The fourth-order valence-electron chi connectivity index (χ4n) is 8.92. The summed E-state index contributed by atoms with van der Waals surface area (Å²) in [5, 5.41) is 28.3. The summed E-state index contributed by atoms with van der Waals surface area (Å²) in [5.41, 5.74) is 4.58. The summed E-state index contributed by atoms with van der Waals surface area (Å²) in [6.07, 6.45) is 3.37. The minimum absolute atomic E-state index is 0.116. The number of carboxylic acids is 1. The first kappa shape index (κ1) is 47.0. The summed E-state index contributed by atoms with van der Waals surface area (Å²) >= 11 is 1.72. The van der Waals surface area contributed by atoms with E-state index in [2.05, 4.69) is 39.9 Å². The van der Waals surface area contributed by atoms with E-state index < -0.39 is 58.8 Å². The van der Waals surface area contributed by atoms with Gasteiger partial charge in [0.2, 0.25) is 17.6 Å². The summed E-state index contributed by atoms with van der Waals surface area (Å²) in [7, 11) is 1.71. The third-order valence-electron chi connectivity index (χ3n) is 12.6. The number of carbonyl (C=O) groups excluding carboxylic acids is 3. The predicted octanol–water partition coefficient (Wildman–Crippen LogP) is 6.70. The van der Waals surface area contributed by atoms with Crippen molar-refractivity contribution in [1.29, 1.82) is 0 Å². The molecular weight excluding hydrogens is 911 g/mol. The number of carboxylic acid groups (broad SMARTS) is 1. The molecule has 2 fully saturated rings. The maximum absolute atomic E-state index is 14.2. The Hall–Kier alpha value is -6.55. The van der Waals surface area contributed by atoms with Crippen LogP contribution in [0, 0.1) is 23.4 Å². The van der Waals surface area contributed by atoms with Gasteiger partial charge < -0.3 is 15.5 Å². The summed E-state index contributed by atoms with van der Waals surface area (Å²) < 4.78 is 78.5. The molecule has 9 rings (SSSR count). The molecule has 1 saturated carbocycles. The largest absolute Gasteiger partial charge is 0.503 e. The van der Waals surface area contributed by atoms with E-state index in [9.17, 15) is 50.6 Å². The van der Waals surface area contributed by atoms with E-state index in [1.54, 1.807) is 23.0 Å². The van der Waals surface area contributed by atoms with Crippen molar-refractivity contribution < 1.29 is 55.7 Å². The van der Waals surface area contributed by atoms with Crippen molar-refractivity contribution in [2.24, 2.45) is 13.0 Å². The molecule has 1 aliphatic carbocycles. The smallest absolute Gasteiger partial charge is 0.490 e. The van der Waals surface area contributed by atoms with E-state index >= 15 is 0 Å². The summed E-state index contributed by atoms with van der Waals surface area (Å²) in [6.45, 7) is 2.92. The van der Waals surface area contributed by atoms with Crippen molar-refractivity contribution in [3.05, 3.63) is 98.3 Å². The number of aliphatic carboxylic acids is 1. The number of alkyl halides is 3. The van der Waals surface area contributed by atoms with Gasteiger partial charge in [0, 0.05) is 61.5 Å². The van der Waals surface area contributed by atoms with Gasteiger partial charge in [-0.3, -0.25) is 38.4 Å². The van der Waals surface area contributed by atoms with Crippen molar-refractivity contribution in [1.82, 2.24) is 39.4 Å². The number of nitrogens with one attached hydrogen (secondary N) is 2. The molecule has 0 unspecified atom stereocenters. The molecule has 1 atom stereocenters. The third-order valence-corrected chi connectivity index (χ3v) is 13.7. The van der Waals surface area contributed by atoms with Crippen LogP contribution in [0.2, 0.25) is 0 Å². The van der Waals surface area contributed by atoms with Crippen LogP contribution in [0.25, 0.3) is 32.5 Å². The van der Waals surface area contributed by atoms with Crippen molar-refractivity contribution in [3.63, 3.8) is 0 Å². The van der Waals surface area contributed by atoms with Gasteiger partial charge in [0.05, 0.1) is 33.8 Å². The lowest BCUT2D eigenvalue weighted by Gasteiger charge is -2.28. The van der Waals surface area contributed by atoms with E-state index in [1.807, 2.05) is 22.9 Å². The molecule has 3 amide bonds. The molecule has 3 aromatic heterocycles. The van der Waals surface area contributed by atoms with Gasteiger partial charge in [-0.2, -0.15) is 22.7 Å². The molecule has 4 N–H and O–H groups in total. The zero-order valence-corrected chi connectivity index (χ0v) is 36.7. The lowest BCUT2D eigenvalue weighted by atomic mass is 9.86. The molecule has 0 radical (unpaired) electrons. The molecule has 0 spiro atoms. The van der Waals surface area contributed by atoms with Gasteiger partial charge in [-0.1, -0.05) is 18.2 Å². The normalized spacial score (nSPS) is 18.9. The van der Waals surface area contributed by atoms with Crippen LogP contribution in [0.4, 0.5) is 26.3 Å². The number of hydrogen-bond donors (Lipinski definition) is 4. The van der Waals surface area contributed by atoms with Gasteiger partial charge in [-0.05, 0) is 87.2 Å². The molecule has 22 heteroatoms. The Balaban J connectivity index is 0.000000807. The highest BCUT2D eigenvalue weighted by molar-refractivity contribution is 7.15. The number of amides is 3. The molecule has 6 aromatic rings. The standard InChI is InChI=1S/C43H43F3N8O5S.C2HF3O2/c1-51-34-17-23(6-11-32(34)54(43(51)59)33-12-13-36(55)49-41(33)58)3-2-15-52-16-14-30-35(22-52)60-42(48-30)25-7-8-26-21-53(50-31(26)18-25)27-9-4-24(5-10-27)20-47-40(57)28-19-29(44)39(56)38(46)37(28)45;3-2(4,5)1(6)7/h6-8,11,17-19,21,24,27,33,56H,2-5,9-10,12-16,20,22H2,1H3,(H,47,57)(H,49,55,58);(H,6,7)/t24?,27?,33-;/m1./s1. The lowest BCUT2D eigenvalue weighted by Crippen LogP contribution is -2.44. The van der Waals surface area contributed by atoms with Crippen molar-refractivity contribution in [2.45, 2.75) is 82.6 Å². The Bertz CT molecular complexity index is 2970. The quantitative estimate of drug-likeness (QED) is 0.0653. The Kier molecular flexibility index (Phi) is 13.3. The minimum Gasteiger partial charge on any atom is -0.503 e. The zero-order chi connectivity index (χ0) is 47.9. The second-order valence-corrected chi connectivity index (χ2v) is 18.1. The molecule has 1 saturated heterocycles. The number of hydrogen-bond acceptors (Lipinski definition) is 10. The van der Waals surface area contributed by atoms with Crippen molar-refractivity contribution in [3.8, 4) is 16.3 Å². The van der Waals surface area contributed by atoms with Gasteiger partial charge >= 0.3 is 17.8 Å². The molecule has 354 valence electrons. The number of thiazole rings is 1. The van der Waals surface area contributed by atoms with Crippen LogP contribution in [-0.4, -0.2) is 88.5 Å². The first-order valence-electron chi connectivity index (χ1n) is 21.5. The molecule has 15 nitrogen and oxygen atoms in total. The average Bonchev–Trinajstić information content (AvgIpc) is 4.00. The molecule has 2 aliphatic heterocycles. The number of aryl methyl sites for hydroxylation is 2. The molecule has 67 heavy (non-hydrogen) atoms. The molecule has 3 aromatic carbocycles. The van der Waals surface area contributed by atoms with Crippen LogP contribution >= 0.6 is 11.3 Å². The maximum atomic E-state index is 14.2. The van der Waals surface area contributed by atoms with E-state index in [4.69, 9.17) is 20.0 Å². The van der Waals surface area contributed by atoms with Gasteiger partial charge in [0.25, 0.3) is 5.91 Å². The van der Waals surface area contributed by atoms with E-state index in [0.29, 0.717) is 18.0 Å². The number of halogens is 6. The highest BCUT2D eigenvalue weighted by atomic mass is 32.1. The predicted molar refractivity (Wildman–Crippen MR) is 232 cm³/mol. The first-order chi connectivity index (χ1) is 31.9. The van der Waals surface area contributed by atoms with Gasteiger partial charge in [-0.25, -0.2) is 23.4 Å². The van der Waals surface area contributed by atoms with Gasteiger partial charge in [0.15, 0.2) is 17.4 Å². The number of piperidine rings is 1. The Morgan fingerprint density at radius 1 is 0.955 bits per heavy atom. The number of aromatic nitrogens is 5. The van der Waals surface area contributed by atoms with Crippen LogP contribution in [0.5, 0.6) is 5.75 Å². The summed E-state index contributed by atoms with van der Waals surface area (Å²) in [5.74, 6) is -10.5. The second-order valence-electron chi connectivity index (χ2n) is 17.0. The van der Waals surface area contributed by atoms with Crippen LogP contribution in [0.3, 0.4) is 0 Å². The van der Waals surface area contributed by atoms with Crippen LogP contribution in [-0.2, 0) is 40.8 Å². The fourth-order valence-corrected chi connectivity index (χ4v) is 10.1. The Morgan fingerprint density at radius 2 is 1.70 bits per heavy atom. The third kappa shape index (κ3) is 9.95. The fraction of sp³-hybridized carbons (Fsp3) is 0.400. The number of nitrogens with zero attached hydrogens (tertiary/aromatic N) is 6. The second kappa shape index (κ2) is 19.0. The Labute approximate surface area is 381 Å². The van der Waals surface area contributed by atoms with Crippen molar-refractivity contribution >= 4 is 57.0 Å². The van der Waals surface area contributed by atoms with Gasteiger partial charge in [-0.15, -0.1) is 11.3 Å². The van der Waals surface area contributed by atoms with Crippen molar-refractivity contribution in [2.75, 3.05) is 19.6 Å². The number of phenolic OH excluding ortho intramolecular Hbond substituents is 1. The number of imidazole rings is 1. The number of rotatable bonds is 10. The van der Waals surface area contributed by atoms with E-state index in [1.165, 1.54) is 9.44 Å². The molecular formula is C45H44F6N8O7S. The molecule has 3 aliphatic rings. The highest BCUT2D eigenvalue weighted by Gasteiger charge is 2.38. The minimum atomic E-state index is -5.08. The number of phenols is 1.